The van der Waals surface area contributed by atoms with Gasteiger partial charge < -0.3 is 10.4 Å². The summed E-state index contributed by atoms with van der Waals surface area (Å²) in [5.41, 5.74) is -0.605. The van der Waals surface area contributed by atoms with Gasteiger partial charge in [0.25, 0.3) is 0 Å². The van der Waals surface area contributed by atoms with E-state index in [0.717, 1.165) is 13.1 Å². The lowest BCUT2D eigenvalue weighted by molar-refractivity contribution is 0.0266. The highest BCUT2D eigenvalue weighted by Gasteiger charge is 2.39. The van der Waals surface area contributed by atoms with Crippen molar-refractivity contribution in [1.82, 2.24) is 10.2 Å². The summed E-state index contributed by atoms with van der Waals surface area (Å²) in [6.45, 7) is 6.47. The first-order valence-electron chi connectivity index (χ1n) is 7.07. The third kappa shape index (κ3) is 3.62. The molecule has 0 radical (unpaired) electrons. The maximum atomic E-state index is 14.4. The van der Waals surface area contributed by atoms with Crippen molar-refractivity contribution in [2.45, 2.75) is 19.9 Å². The van der Waals surface area contributed by atoms with Gasteiger partial charge in [-0.3, -0.25) is 4.90 Å². The summed E-state index contributed by atoms with van der Waals surface area (Å²) in [4.78, 5) is 2.04. The maximum absolute atomic E-state index is 14.4. The van der Waals surface area contributed by atoms with Crippen LogP contribution in [0.2, 0.25) is 0 Å². The molecule has 1 aromatic carbocycles. The number of nitrogens with one attached hydrogen (secondary N) is 1. The molecule has 1 aromatic rings. The Labute approximate surface area is 132 Å². The summed E-state index contributed by atoms with van der Waals surface area (Å²) in [5.74, 6) is -1.15. The van der Waals surface area contributed by atoms with Crippen LogP contribution in [0.4, 0.5) is 8.78 Å². The van der Waals surface area contributed by atoms with Crippen molar-refractivity contribution in [1.29, 1.82) is 0 Å². The van der Waals surface area contributed by atoms with Gasteiger partial charge >= 0.3 is 0 Å². The van der Waals surface area contributed by atoms with E-state index in [1.165, 1.54) is 12.1 Å². The summed E-state index contributed by atoms with van der Waals surface area (Å²) < 4.78 is 29.2. The molecular weight excluding hydrogens is 342 g/mol. The fourth-order valence-electron chi connectivity index (χ4n) is 2.91. The minimum atomic E-state index is -0.646. The SMILES string of the molecule is CC(C)(CO)[C@H](c1c(F)cc(Br)cc1F)N1CCNCC1. The zero-order chi connectivity index (χ0) is 15.6. The van der Waals surface area contributed by atoms with Gasteiger partial charge in [-0.1, -0.05) is 29.8 Å². The van der Waals surface area contributed by atoms with Gasteiger partial charge in [0.2, 0.25) is 0 Å². The van der Waals surface area contributed by atoms with Gasteiger partial charge in [-0.25, -0.2) is 8.78 Å². The molecule has 118 valence electrons. The number of nitrogens with zero attached hydrogens (tertiary/aromatic N) is 1. The molecule has 1 atom stereocenters. The van der Waals surface area contributed by atoms with E-state index in [0.29, 0.717) is 17.6 Å². The molecule has 0 bridgehead atoms. The van der Waals surface area contributed by atoms with Crippen molar-refractivity contribution in [2.75, 3.05) is 32.8 Å². The lowest BCUT2D eigenvalue weighted by atomic mass is 9.79. The van der Waals surface area contributed by atoms with E-state index < -0.39 is 23.1 Å². The van der Waals surface area contributed by atoms with Crippen LogP contribution in [0, 0.1) is 17.0 Å². The van der Waals surface area contributed by atoms with Crippen LogP contribution >= 0.6 is 15.9 Å². The zero-order valence-corrected chi connectivity index (χ0v) is 13.9. The van der Waals surface area contributed by atoms with Crippen molar-refractivity contribution in [3.8, 4) is 0 Å². The lowest BCUT2D eigenvalue weighted by Gasteiger charge is -2.43. The molecule has 1 saturated heterocycles. The van der Waals surface area contributed by atoms with Gasteiger partial charge in [-0.05, 0) is 12.1 Å². The number of rotatable bonds is 4. The van der Waals surface area contributed by atoms with E-state index >= 15 is 0 Å². The number of hydrogen-bond donors (Lipinski definition) is 2. The van der Waals surface area contributed by atoms with Crippen LogP contribution < -0.4 is 5.32 Å². The zero-order valence-electron chi connectivity index (χ0n) is 12.3. The smallest absolute Gasteiger partial charge is 0.132 e. The van der Waals surface area contributed by atoms with E-state index in [4.69, 9.17) is 0 Å². The van der Waals surface area contributed by atoms with Gasteiger partial charge in [-0.15, -0.1) is 0 Å². The Morgan fingerprint density at radius 1 is 1.29 bits per heavy atom. The molecule has 3 nitrogen and oxygen atoms in total. The predicted octanol–water partition coefficient (Wildman–Crippen LogP) is 2.69. The molecule has 0 spiro atoms. The molecule has 2 rings (SSSR count). The van der Waals surface area contributed by atoms with Crippen molar-refractivity contribution in [3.63, 3.8) is 0 Å². The van der Waals surface area contributed by atoms with Crippen LogP contribution in [0.15, 0.2) is 16.6 Å². The molecule has 0 saturated carbocycles. The molecule has 1 aliphatic heterocycles. The van der Waals surface area contributed by atoms with Crippen LogP contribution in [-0.4, -0.2) is 42.8 Å². The maximum Gasteiger partial charge on any atom is 0.132 e. The van der Waals surface area contributed by atoms with Crippen LogP contribution in [0.1, 0.15) is 25.5 Å². The van der Waals surface area contributed by atoms with Gasteiger partial charge in [-0.2, -0.15) is 0 Å². The van der Waals surface area contributed by atoms with Crippen LogP contribution in [0.5, 0.6) is 0 Å². The third-order valence-corrected chi connectivity index (χ3v) is 4.44. The van der Waals surface area contributed by atoms with Crippen molar-refractivity contribution in [3.05, 3.63) is 33.8 Å². The van der Waals surface area contributed by atoms with E-state index in [1.807, 2.05) is 18.7 Å². The second kappa shape index (κ2) is 6.69. The van der Waals surface area contributed by atoms with Gasteiger partial charge in [0.05, 0.1) is 0 Å². The highest BCUT2D eigenvalue weighted by molar-refractivity contribution is 9.10. The minimum absolute atomic E-state index is 0.0409. The van der Waals surface area contributed by atoms with Crippen molar-refractivity contribution >= 4 is 15.9 Å². The van der Waals surface area contributed by atoms with E-state index in [9.17, 15) is 13.9 Å². The normalized spacial score (nSPS) is 18.8. The first-order chi connectivity index (χ1) is 9.86. The first kappa shape index (κ1) is 16.8. The van der Waals surface area contributed by atoms with Gasteiger partial charge in [0.15, 0.2) is 0 Å². The molecule has 2 N–H and O–H groups in total. The average molecular weight is 363 g/mol. The van der Waals surface area contributed by atoms with E-state index in [2.05, 4.69) is 21.2 Å². The Kier molecular flexibility index (Phi) is 5.35. The Balaban J connectivity index is 2.49. The van der Waals surface area contributed by atoms with E-state index in [1.54, 1.807) is 0 Å². The van der Waals surface area contributed by atoms with Crippen LogP contribution in [-0.2, 0) is 0 Å². The fraction of sp³-hybridized carbons (Fsp3) is 0.600. The number of aliphatic hydroxyl groups excluding tert-OH is 1. The van der Waals surface area contributed by atoms with Crippen LogP contribution in [0.25, 0.3) is 0 Å². The Bertz CT molecular complexity index is 481. The minimum Gasteiger partial charge on any atom is -0.396 e. The Morgan fingerprint density at radius 3 is 2.29 bits per heavy atom. The van der Waals surface area contributed by atoms with Gasteiger partial charge in [0, 0.05) is 54.3 Å². The molecule has 21 heavy (non-hydrogen) atoms. The molecule has 0 amide bonds. The topological polar surface area (TPSA) is 35.5 Å². The number of benzene rings is 1. The Hall–Kier alpha value is -0.560. The lowest BCUT2D eigenvalue weighted by Crippen LogP contribution is -2.50. The highest BCUT2D eigenvalue weighted by atomic mass is 79.9. The molecule has 6 heteroatoms. The Morgan fingerprint density at radius 2 is 1.81 bits per heavy atom. The quantitative estimate of drug-likeness (QED) is 0.864. The molecule has 1 aliphatic rings. The molecule has 0 aliphatic carbocycles. The number of hydrogen-bond acceptors (Lipinski definition) is 3. The second-order valence-electron chi connectivity index (χ2n) is 6.12. The van der Waals surface area contributed by atoms with E-state index in [-0.39, 0.29) is 12.2 Å². The fourth-order valence-corrected chi connectivity index (χ4v) is 3.31. The molecular formula is C15H21BrF2N2O. The van der Waals surface area contributed by atoms with Crippen molar-refractivity contribution in [2.24, 2.45) is 5.41 Å². The summed E-state index contributed by atoms with van der Waals surface area (Å²) in [6, 6.07) is 2.06. The largest absolute Gasteiger partial charge is 0.396 e. The van der Waals surface area contributed by atoms with Gasteiger partial charge in [0.1, 0.15) is 11.6 Å². The third-order valence-electron chi connectivity index (χ3n) is 3.98. The summed E-state index contributed by atoms with van der Waals surface area (Å²) >= 11 is 3.11. The monoisotopic (exact) mass is 362 g/mol. The second-order valence-corrected chi connectivity index (χ2v) is 7.03. The molecule has 0 aromatic heterocycles. The molecule has 0 unspecified atom stereocenters. The number of halogens is 3. The standard InChI is InChI=1S/C15H21BrF2N2O/c1-15(2,9-21)14(20-5-3-19-4-6-20)13-11(17)7-10(16)8-12(13)18/h7-8,14,19,21H,3-6,9H2,1-2H3/t14-/m0/s1. The number of piperazine rings is 1. The summed E-state index contributed by atoms with van der Waals surface area (Å²) in [7, 11) is 0. The number of aliphatic hydroxyl groups is 1. The summed E-state index contributed by atoms with van der Waals surface area (Å²) in [5, 5.41) is 12.9. The molecule has 1 fully saturated rings. The molecule has 1 heterocycles. The van der Waals surface area contributed by atoms with Crippen molar-refractivity contribution < 1.29 is 13.9 Å². The summed E-state index contributed by atoms with van der Waals surface area (Å²) in [6.07, 6.45) is 0. The average Bonchev–Trinajstić information content (AvgIpc) is 2.43. The van der Waals surface area contributed by atoms with Crippen LogP contribution in [0.3, 0.4) is 0 Å². The highest BCUT2D eigenvalue weighted by Crippen LogP contribution is 2.41. The predicted molar refractivity (Wildman–Crippen MR) is 82.1 cm³/mol. The first-order valence-corrected chi connectivity index (χ1v) is 7.86.